The minimum Gasteiger partial charge on any atom is -0.506 e. The van der Waals surface area contributed by atoms with Crippen LogP contribution in [0.3, 0.4) is 0 Å². The van der Waals surface area contributed by atoms with E-state index in [1.807, 2.05) is 6.07 Å². The highest BCUT2D eigenvalue weighted by Crippen LogP contribution is 2.36. The van der Waals surface area contributed by atoms with Crippen LogP contribution in [-0.4, -0.2) is 10.1 Å². The fourth-order valence-corrected chi connectivity index (χ4v) is 3.37. The summed E-state index contributed by atoms with van der Waals surface area (Å²) in [6.45, 7) is 0. The van der Waals surface area contributed by atoms with E-state index in [0.29, 0.717) is 4.70 Å². The normalized spacial score (nSPS) is 12.8. The van der Waals surface area contributed by atoms with E-state index in [9.17, 15) is 23.5 Å². The molecular formula is C17H8ClF3N2OS. The first-order chi connectivity index (χ1) is 11.8. The molecule has 3 rings (SSSR count). The molecule has 0 amide bonds. The average molecular weight is 381 g/mol. The van der Waals surface area contributed by atoms with E-state index in [4.69, 9.17) is 11.6 Å². The maximum Gasteiger partial charge on any atom is 0.416 e. The molecule has 0 aliphatic carbocycles. The molecule has 0 fully saturated rings. The van der Waals surface area contributed by atoms with Crippen LogP contribution in [0.25, 0.3) is 21.5 Å². The van der Waals surface area contributed by atoms with Crippen LogP contribution in [0.1, 0.15) is 16.1 Å². The quantitative estimate of drug-likeness (QED) is 0.443. The van der Waals surface area contributed by atoms with Crippen molar-refractivity contribution in [2.45, 2.75) is 6.18 Å². The number of halogens is 4. The van der Waals surface area contributed by atoms with E-state index < -0.39 is 11.7 Å². The van der Waals surface area contributed by atoms with Crippen LogP contribution in [0.15, 0.2) is 42.5 Å². The number of nitrogens with zero attached hydrogens (tertiary/aromatic N) is 2. The Labute approximate surface area is 149 Å². The minimum absolute atomic E-state index is 0.106. The number of allylic oxidation sites excluding steroid dienone is 1. The van der Waals surface area contributed by atoms with Gasteiger partial charge in [0.2, 0.25) is 0 Å². The third kappa shape index (κ3) is 3.31. The molecule has 0 aliphatic heterocycles. The van der Waals surface area contributed by atoms with E-state index in [0.717, 1.165) is 23.5 Å². The van der Waals surface area contributed by atoms with Crippen LogP contribution >= 0.6 is 22.9 Å². The number of aliphatic hydroxyl groups excluding tert-OH is 1. The standard InChI is InChI=1S/C17H8ClF3N2OS/c18-12-4-2-1-3-10(12)15(24)11(8-22)16-23-13-7-9(17(19,20)21)5-6-14(13)25-16/h1-7,24H. The summed E-state index contributed by atoms with van der Waals surface area (Å²) in [6, 6.07) is 11.4. The first-order valence-electron chi connectivity index (χ1n) is 6.87. The average Bonchev–Trinajstić information content (AvgIpc) is 2.97. The van der Waals surface area contributed by atoms with Gasteiger partial charge in [-0.2, -0.15) is 18.4 Å². The number of alkyl halides is 3. The summed E-state index contributed by atoms with van der Waals surface area (Å²) in [5, 5.41) is 20.1. The fourth-order valence-electron chi connectivity index (χ4n) is 2.20. The molecule has 8 heteroatoms. The molecule has 1 heterocycles. The SMILES string of the molecule is N#CC(=C(O)c1ccccc1Cl)c1nc2cc(C(F)(F)F)ccc2s1. The van der Waals surface area contributed by atoms with E-state index in [-0.39, 0.29) is 32.4 Å². The number of rotatable bonds is 2. The van der Waals surface area contributed by atoms with Crippen molar-refractivity contribution >= 4 is 44.5 Å². The number of aliphatic hydroxyl groups is 1. The Morgan fingerprint density at radius 2 is 1.92 bits per heavy atom. The molecule has 0 aliphatic rings. The molecular weight excluding hydrogens is 373 g/mol. The van der Waals surface area contributed by atoms with Crippen molar-refractivity contribution in [3.63, 3.8) is 0 Å². The zero-order valence-corrected chi connectivity index (χ0v) is 13.9. The second-order valence-corrected chi connectivity index (χ2v) is 6.45. The van der Waals surface area contributed by atoms with Crippen LogP contribution in [0.2, 0.25) is 5.02 Å². The lowest BCUT2D eigenvalue weighted by atomic mass is 10.1. The molecule has 0 saturated heterocycles. The Kier molecular flexibility index (Phi) is 4.41. The van der Waals surface area contributed by atoms with Crippen LogP contribution < -0.4 is 0 Å². The number of nitriles is 1. The Morgan fingerprint density at radius 3 is 2.56 bits per heavy atom. The smallest absolute Gasteiger partial charge is 0.416 e. The van der Waals surface area contributed by atoms with Gasteiger partial charge in [0, 0.05) is 5.56 Å². The second kappa shape index (κ2) is 6.39. The summed E-state index contributed by atoms with van der Waals surface area (Å²) in [5.74, 6) is -0.372. The Morgan fingerprint density at radius 1 is 1.20 bits per heavy atom. The Bertz CT molecular complexity index is 1030. The van der Waals surface area contributed by atoms with Gasteiger partial charge in [-0.1, -0.05) is 23.7 Å². The molecule has 0 atom stereocenters. The Hall–Kier alpha value is -2.56. The van der Waals surface area contributed by atoms with Crippen LogP contribution in [0, 0.1) is 11.3 Å². The first kappa shape index (κ1) is 17.3. The predicted molar refractivity (Wildman–Crippen MR) is 91.1 cm³/mol. The van der Waals surface area contributed by atoms with E-state index in [1.54, 1.807) is 18.2 Å². The summed E-state index contributed by atoms with van der Waals surface area (Å²) in [4.78, 5) is 4.07. The molecule has 0 bridgehead atoms. The van der Waals surface area contributed by atoms with Crippen LogP contribution in [-0.2, 0) is 6.18 Å². The number of thiazole rings is 1. The molecule has 0 saturated carbocycles. The van der Waals surface area contributed by atoms with Gasteiger partial charge in [0.15, 0.2) is 0 Å². The molecule has 0 unspecified atom stereocenters. The molecule has 3 nitrogen and oxygen atoms in total. The summed E-state index contributed by atoms with van der Waals surface area (Å²) in [7, 11) is 0. The summed E-state index contributed by atoms with van der Waals surface area (Å²) in [6.07, 6.45) is -4.48. The maximum atomic E-state index is 12.8. The Balaban J connectivity index is 2.15. The maximum absolute atomic E-state index is 12.8. The highest BCUT2D eigenvalue weighted by atomic mass is 35.5. The van der Waals surface area contributed by atoms with Crippen molar-refractivity contribution in [1.29, 1.82) is 5.26 Å². The fraction of sp³-hybridized carbons (Fsp3) is 0.0588. The van der Waals surface area contributed by atoms with E-state index >= 15 is 0 Å². The molecule has 3 aromatic rings. The first-order valence-corrected chi connectivity index (χ1v) is 8.07. The van der Waals surface area contributed by atoms with Gasteiger partial charge in [-0.25, -0.2) is 4.98 Å². The summed E-state index contributed by atoms with van der Waals surface area (Å²) < 4.78 is 38.9. The molecule has 126 valence electrons. The molecule has 0 radical (unpaired) electrons. The molecule has 1 N–H and O–H groups in total. The minimum atomic E-state index is -4.48. The lowest BCUT2D eigenvalue weighted by Crippen LogP contribution is -2.03. The number of benzene rings is 2. The predicted octanol–water partition coefficient (Wildman–Crippen LogP) is 5.92. The zero-order valence-electron chi connectivity index (χ0n) is 12.3. The summed E-state index contributed by atoms with van der Waals surface area (Å²) in [5.41, 5.74) is -0.622. The number of aromatic nitrogens is 1. The largest absolute Gasteiger partial charge is 0.506 e. The van der Waals surface area contributed by atoms with Crippen molar-refractivity contribution in [3.8, 4) is 6.07 Å². The second-order valence-electron chi connectivity index (χ2n) is 5.01. The molecule has 25 heavy (non-hydrogen) atoms. The van der Waals surface area contributed by atoms with Crippen molar-refractivity contribution in [1.82, 2.24) is 4.98 Å². The van der Waals surface area contributed by atoms with Crippen molar-refractivity contribution in [2.24, 2.45) is 0 Å². The topological polar surface area (TPSA) is 56.9 Å². The van der Waals surface area contributed by atoms with Gasteiger partial charge < -0.3 is 5.11 Å². The lowest BCUT2D eigenvalue weighted by molar-refractivity contribution is -0.137. The molecule has 2 aromatic carbocycles. The van der Waals surface area contributed by atoms with Crippen molar-refractivity contribution < 1.29 is 18.3 Å². The van der Waals surface area contributed by atoms with Crippen LogP contribution in [0.5, 0.6) is 0 Å². The van der Waals surface area contributed by atoms with Crippen LogP contribution in [0.4, 0.5) is 13.2 Å². The lowest BCUT2D eigenvalue weighted by Gasteiger charge is -2.05. The van der Waals surface area contributed by atoms with E-state index in [1.165, 1.54) is 12.1 Å². The zero-order chi connectivity index (χ0) is 18.2. The van der Waals surface area contributed by atoms with Gasteiger partial charge in [0.25, 0.3) is 0 Å². The van der Waals surface area contributed by atoms with Crippen molar-refractivity contribution in [2.75, 3.05) is 0 Å². The third-order valence-corrected chi connectivity index (χ3v) is 4.79. The summed E-state index contributed by atoms with van der Waals surface area (Å²) >= 11 is 7.03. The highest BCUT2D eigenvalue weighted by molar-refractivity contribution is 7.19. The monoisotopic (exact) mass is 380 g/mol. The number of fused-ring (bicyclic) bond motifs is 1. The molecule has 0 spiro atoms. The van der Waals surface area contributed by atoms with Gasteiger partial charge in [0.1, 0.15) is 22.4 Å². The number of hydrogen-bond donors (Lipinski definition) is 1. The van der Waals surface area contributed by atoms with Crippen molar-refractivity contribution in [3.05, 3.63) is 63.6 Å². The van der Waals surface area contributed by atoms with Gasteiger partial charge in [-0.3, -0.25) is 0 Å². The highest BCUT2D eigenvalue weighted by Gasteiger charge is 2.31. The van der Waals surface area contributed by atoms with Gasteiger partial charge in [0.05, 0.1) is 20.8 Å². The van der Waals surface area contributed by atoms with Gasteiger partial charge >= 0.3 is 6.18 Å². The van der Waals surface area contributed by atoms with Gasteiger partial charge in [-0.05, 0) is 30.3 Å². The van der Waals surface area contributed by atoms with Gasteiger partial charge in [-0.15, -0.1) is 11.3 Å². The number of hydrogen-bond acceptors (Lipinski definition) is 4. The molecule has 1 aromatic heterocycles. The third-order valence-electron chi connectivity index (χ3n) is 3.41. The van der Waals surface area contributed by atoms with E-state index in [2.05, 4.69) is 4.98 Å².